The van der Waals surface area contributed by atoms with Crippen LogP contribution in [0.5, 0.6) is 5.75 Å². The zero-order valence-corrected chi connectivity index (χ0v) is 12.9. The molecule has 0 aromatic heterocycles. The van der Waals surface area contributed by atoms with Crippen LogP contribution in [-0.2, 0) is 17.1 Å². The molecule has 21 heavy (non-hydrogen) atoms. The fraction of sp³-hybridized carbons (Fsp3) is 0.0556. The SMILES string of the molecule is COc1ccc(C=N[C]2[CH][CH][CH][CH]2)cc1.[CH]1[CH][CH][CH][CH]1.[Fe+2]. The van der Waals surface area contributed by atoms with Gasteiger partial charge >= 0.3 is 17.1 Å². The van der Waals surface area contributed by atoms with E-state index in [4.69, 9.17) is 4.74 Å². The minimum atomic E-state index is 0. The Labute approximate surface area is 139 Å². The molecule has 0 spiro atoms. The van der Waals surface area contributed by atoms with Crippen molar-refractivity contribution in [2.45, 2.75) is 0 Å². The van der Waals surface area contributed by atoms with Gasteiger partial charge in [0.15, 0.2) is 0 Å². The van der Waals surface area contributed by atoms with Gasteiger partial charge in [-0.15, -0.1) is 0 Å². The second-order valence-electron chi connectivity index (χ2n) is 4.14. The van der Waals surface area contributed by atoms with Crippen LogP contribution in [0.15, 0.2) is 29.3 Å². The summed E-state index contributed by atoms with van der Waals surface area (Å²) in [6, 6.07) is 8.78. The Kier molecular flexibility index (Phi) is 9.45. The summed E-state index contributed by atoms with van der Waals surface area (Å²) < 4.78 is 5.08. The van der Waals surface area contributed by atoms with Gasteiger partial charge in [-0.05, 0) is 87.6 Å². The molecule has 0 amide bonds. The van der Waals surface area contributed by atoms with Crippen molar-refractivity contribution in [2.75, 3.05) is 7.11 Å². The Hall–Kier alpha value is -0.791. The van der Waals surface area contributed by atoms with Crippen molar-refractivity contribution < 1.29 is 21.8 Å². The number of ether oxygens (including phenoxy) is 1. The maximum atomic E-state index is 5.08. The van der Waals surface area contributed by atoms with Gasteiger partial charge in [0.05, 0.1) is 13.2 Å². The first kappa shape index (κ1) is 18.3. The molecule has 2 aliphatic rings. The number of hydrogen-bond acceptors (Lipinski definition) is 2. The molecule has 106 valence electrons. The van der Waals surface area contributed by atoms with Gasteiger partial charge in [-0.1, -0.05) is 0 Å². The Morgan fingerprint density at radius 1 is 0.810 bits per heavy atom. The average Bonchev–Trinajstić information content (AvgIpc) is 3.21. The van der Waals surface area contributed by atoms with Crippen molar-refractivity contribution in [3.05, 3.63) is 93.7 Å². The minimum absolute atomic E-state index is 0. The number of methoxy groups -OCH3 is 1. The van der Waals surface area contributed by atoms with Crippen LogP contribution < -0.4 is 4.74 Å². The first-order valence-electron chi connectivity index (χ1n) is 6.45. The molecule has 2 fully saturated rings. The molecule has 3 heteroatoms. The van der Waals surface area contributed by atoms with E-state index in [1.165, 1.54) is 0 Å². The second-order valence-corrected chi connectivity index (χ2v) is 4.14. The summed E-state index contributed by atoms with van der Waals surface area (Å²) in [6.45, 7) is 0. The van der Waals surface area contributed by atoms with Crippen molar-refractivity contribution in [3.8, 4) is 5.75 Å². The van der Waals surface area contributed by atoms with Crippen molar-refractivity contribution >= 4 is 6.21 Å². The van der Waals surface area contributed by atoms with E-state index < -0.39 is 0 Å². The fourth-order valence-electron chi connectivity index (χ4n) is 1.61. The molecule has 0 N–H and O–H groups in total. The number of aliphatic imine (C=N–C) groups is 1. The molecule has 10 radical (unpaired) electrons. The maximum absolute atomic E-state index is 5.08. The average molecular weight is 319 g/mol. The third kappa shape index (κ3) is 7.15. The second kappa shape index (κ2) is 10.9. The van der Waals surface area contributed by atoms with Gasteiger partial charge in [-0.3, -0.25) is 4.99 Å². The quantitative estimate of drug-likeness (QED) is 0.617. The van der Waals surface area contributed by atoms with Crippen molar-refractivity contribution in [3.63, 3.8) is 0 Å². The van der Waals surface area contributed by atoms with Crippen LogP contribution in [0.25, 0.3) is 0 Å². The van der Waals surface area contributed by atoms with E-state index in [0.29, 0.717) is 0 Å². The number of benzene rings is 1. The molecule has 0 heterocycles. The van der Waals surface area contributed by atoms with Gasteiger partial charge in [0.1, 0.15) is 5.75 Å². The summed E-state index contributed by atoms with van der Waals surface area (Å²) in [4.78, 5) is 4.33. The molecule has 3 rings (SSSR count). The Bertz CT molecular complexity index is 385. The van der Waals surface area contributed by atoms with Gasteiger partial charge in [0.25, 0.3) is 0 Å². The van der Waals surface area contributed by atoms with E-state index >= 15 is 0 Å². The first-order valence-corrected chi connectivity index (χ1v) is 6.45. The van der Waals surface area contributed by atoms with Gasteiger partial charge in [0.2, 0.25) is 0 Å². The first-order chi connectivity index (χ1) is 9.88. The van der Waals surface area contributed by atoms with E-state index in [1.807, 2.05) is 88.3 Å². The van der Waals surface area contributed by atoms with Crippen molar-refractivity contribution in [1.82, 2.24) is 0 Å². The van der Waals surface area contributed by atoms with Gasteiger partial charge in [0, 0.05) is 6.21 Å². The molecule has 0 aliphatic heterocycles. The van der Waals surface area contributed by atoms with E-state index in [-0.39, 0.29) is 17.1 Å². The summed E-state index contributed by atoms with van der Waals surface area (Å²) in [5.74, 6) is 0.862. The standard InChI is InChI=1S/C13H12NO.C5H5.Fe/c1-15-13-8-6-11(7-9-13)10-14-12-4-2-3-5-12;1-2-4-5-3-1;/h2-10H,1H3;1-5H;/q;;+2. The van der Waals surface area contributed by atoms with Crippen LogP contribution >= 0.6 is 0 Å². The monoisotopic (exact) mass is 319 g/mol. The van der Waals surface area contributed by atoms with Crippen LogP contribution in [0.3, 0.4) is 0 Å². The van der Waals surface area contributed by atoms with Crippen molar-refractivity contribution in [1.29, 1.82) is 0 Å². The Balaban J connectivity index is 0.000000313. The Morgan fingerprint density at radius 3 is 1.81 bits per heavy atom. The van der Waals surface area contributed by atoms with Gasteiger partial charge in [-0.25, -0.2) is 0 Å². The molecular weight excluding hydrogens is 302 g/mol. The molecule has 0 atom stereocenters. The molecule has 1 aromatic carbocycles. The molecular formula is C18H17FeNO+2. The van der Waals surface area contributed by atoms with Crippen LogP contribution in [0.1, 0.15) is 5.56 Å². The molecule has 0 saturated heterocycles. The molecule has 0 unspecified atom stereocenters. The third-order valence-corrected chi connectivity index (χ3v) is 2.68. The topological polar surface area (TPSA) is 21.6 Å². The largest absolute Gasteiger partial charge is 2.00 e. The summed E-state index contributed by atoms with van der Waals surface area (Å²) in [5, 5.41) is 0. The van der Waals surface area contributed by atoms with Crippen LogP contribution in [-0.4, -0.2) is 13.3 Å². The number of hydrogen-bond donors (Lipinski definition) is 0. The van der Waals surface area contributed by atoms with E-state index in [9.17, 15) is 0 Å². The normalized spacial score (nSPS) is 18.1. The van der Waals surface area contributed by atoms with Crippen LogP contribution in [0.4, 0.5) is 0 Å². The predicted octanol–water partition coefficient (Wildman–Crippen LogP) is 3.50. The maximum Gasteiger partial charge on any atom is 2.00 e. The van der Waals surface area contributed by atoms with E-state index in [1.54, 1.807) is 7.11 Å². The Morgan fingerprint density at radius 2 is 1.33 bits per heavy atom. The minimum Gasteiger partial charge on any atom is -0.497 e. The van der Waals surface area contributed by atoms with E-state index in [2.05, 4.69) is 4.99 Å². The van der Waals surface area contributed by atoms with Crippen LogP contribution in [0.2, 0.25) is 0 Å². The number of rotatable bonds is 3. The summed E-state index contributed by atoms with van der Waals surface area (Å²) >= 11 is 0. The molecule has 1 aromatic rings. The summed E-state index contributed by atoms with van der Waals surface area (Å²) in [6.07, 6.45) is 19.7. The molecule has 0 bridgehead atoms. The van der Waals surface area contributed by atoms with Crippen molar-refractivity contribution in [2.24, 2.45) is 4.99 Å². The molecule has 2 saturated carbocycles. The molecule has 2 aliphatic carbocycles. The van der Waals surface area contributed by atoms with Gasteiger partial charge < -0.3 is 4.74 Å². The third-order valence-electron chi connectivity index (χ3n) is 2.68. The predicted molar refractivity (Wildman–Crippen MR) is 82.5 cm³/mol. The number of nitrogens with zero attached hydrogens (tertiary/aromatic N) is 1. The summed E-state index contributed by atoms with van der Waals surface area (Å²) in [7, 11) is 1.66. The zero-order chi connectivity index (χ0) is 14.0. The summed E-state index contributed by atoms with van der Waals surface area (Å²) in [5.41, 5.74) is 1.07. The van der Waals surface area contributed by atoms with Crippen LogP contribution in [0, 0.1) is 63.8 Å². The zero-order valence-electron chi connectivity index (χ0n) is 11.8. The smallest absolute Gasteiger partial charge is 0.497 e. The molecule has 2 nitrogen and oxygen atoms in total. The van der Waals surface area contributed by atoms with Gasteiger partial charge in [-0.2, -0.15) is 0 Å². The fourth-order valence-corrected chi connectivity index (χ4v) is 1.61. The van der Waals surface area contributed by atoms with E-state index in [0.717, 1.165) is 17.4 Å².